The molecule has 120 valence electrons. The van der Waals surface area contributed by atoms with Crippen LogP contribution in [0.15, 0.2) is 0 Å². The smallest absolute Gasteiger partial charge is 0.192 e. The first-order chi connectivity index (χ1) is 9.10. The molecule has 1 fully saturated rings. The van der Waals surface area contributed by atoms with Gasteiger partial charge in [0.1, 0.15) is 12.9 Å². The van der Waals surface area contributed by atoms with Crippen LogP contribution in [0.1, 0.15) is 33.6 Å². The third-order valence-corrected chi connectivity index (χ3v) is 8.95. The van der Waals surface area contributed by atoms with Gasteiger partial charge in [-0.15, -0.1) is 0 Å². The van der Waals surface area contributed by atoms with E-state index in [0.29, 0.717) is 12.8 Å². The number of hydrogen-bond acceptors (Lipinski definition) is 5. The summed E-state index contributed by atoms with van der Waals surface area (Å²) in [5.74, 6) is 0. The van der Waals surface area contributed by atoms with E-state index < -0.39 is 26.6 Å². The Morgan fingerprint density at radius 3 is 2.25 bits per heavy atom. The van der Waals surface area contributed by atoms with E-state index in [1.165, 1.54) is 0 Å². The lowest BCUT2D eigenvalue weighted by Crippen LogP contribution is -2.57. The largest absolute Gasteiger partial charge is 0.409 e. The number of aliphatic hydroxyl groups is 2. The van der Waals surface area contributed by atoms with E-state index in [9.17, 15) is 10.2 Å². The molecule has 0 heterocycles. The van der Waals surface area contributed by atoms with Crippen LogP contribution in [-0.4, -0.2) is 56.8 Å². The predicted molar refractivity (Wildman–Crippen MR) is 80.1 cm³/mol. The van der Waals surface area contributed by atoms with E-state index in [1.54, 1.807) is 7.11 Å². The van der Waals surface area contributed by atoms with Crippen LogP contribution in [0.3, 0.4) is 0 Å². The molecule has 4 atom stereocenters. The Balaban J connectivity index is 2.83. The maximum Gasteiger partial charge on any atom is 0.192 e. The van der Waals surface area contributed by atoms with Crippen molar-refractivity contribution in [1.82, 2.24) is 0 Å². The maximum atomic E-state index is 10.3. The van der Waals surface area contributed by atoms with E-state index >= 15 is 0 Å². The first kappa shape index (κ1) is 18.1. The predicted octanol–water partition coefficient (Wildman–Crippen LogP) is 1.88. The van der Waals surface area contributed by atoms with Crippen LogP contribution < -0.4 is 0 Å². The zero-order valence-electron chi connectivity index (χ0n) is 13.5. The maximum absolute atomic E-state index is 10.3. The lowest BCUT2D eigenvalue weighted by Gasteiger charge is -2.45. The summed E-state index contributed by atoms with van der Waals surface area (Å²) in [6.07, 6.45) is -1.18. The first-order valence-electron chi connectivity index (χ1n) is 7.24. The van der Waals surface area contributed by atoms with Crippen molar-refractivity contribution in [3.8, 4) is 0 Å². The van der Waals surface area contributed by atoms with E-state index in [0.717, 1.165) is 0 Å². The molecule has 2 N–H and O–H groups in total. The van der Waals surface area contributed by atoms with Crippen molar-refractivity contribution < 1.29 is 24.1 Å². The van der Waals surface area contributed by atoms with Gasteiger partial charge >= 0.3 is 0 Å². The number of aliphatic hydroxyl groups excluding tert-OH is 2. The zero-order chi connectivity index (χ0) is 15.6. The van der Waals surface area contributed by atoms with Crippen molar-refractivity contribution in [2.75, 3.05) is 13.9 Å². The van der Waals surface area contributed by atoms with Gasteiger partial charge in [0.2, 0.25) is 0 Å². The number of ether oxygens (including phenoxy) is 2. The molecule has 1 aliphatic carbocycles. The number of hydrogen-bond donors (Lipinski definition) is 2. The molecule has 6 heteroatoms. The average molecular weight is 306 g/mol. The Hall–Kier alpha value is 0.0169. The fourth-order valence-corrected chi connectivity index (χ4v) is 3.43. The van der Waals surface area contributed by atoms with Gasteiger partial charge in [0.15, 0.2) is 8.32 Å². The third kappa shape index (κ3) is 4.25. The molecule has 5 nitrogen and oxygen atoms in total. The molecule has 0 spiro atoms. The van der Waals surface area contributed by atoms with Crippen LogP contribution in [0.25, 0.3) is 0 Å². The summed E-state index contributed by atoms with van der Waals surface area (Å²) in [4.78, 5) is 0. The van der Waals surface area contributed by atoms with Gasteiger partial charge in [0.05, 0.1) is 18.3 Å². The number of rotatable bonds is 5. The van der Waals surface area contributed by atoms with Gasteiger partial charge in [-0.3, -0.25) is 0 Å². The molecule has 0 bridgehead atoms. The molecule has 1 saturated carbocycles. The lowest BCUT2D eigenvalue weighted by atomic mass is 9.90. The molecule has 0 aliphatic heterocycles. The quantitative estimate of drug-likeness (QED) is 0.599. The molecule has 0 aromatic carbocycles. The Morgan fingerprint density at radius 1 is 1.15 bits per heavy atom. The summed E-state index contributed by atoms with van der Waals surface area (Å²) in [5.41, 5.74) is 0. The molecule has 0 amide bonds. The molecule has 20 heavy (non-hydrogen) atoms. The second-order valence-corrected chi connectivity index (χ2v) is 11.8. The van der Waals surface area contributed by atoms with E-state index in [2.05, 4.69) is 33.9 Å². The summed E-state index contributed by atoms with van der Waals surface area (Å²) < 4.78 is 16.9. The van der Waals surface area contributed by atoms with Gasteiger partial charge in [-0.05, 0) is 31.0 Å². The van der Waals surface area contributed by atoms with Crippen molar-refractivity contribution in [1.29, 1.82) is 0 Å². The van der Waals surface area contributed by atoms with E-state index in [-0.39, 0.29) is 17.9 Å². The highest BCUT2D eigenvalue weighted by molar-refractivity contribution is 6.74. The molecule has 0 aromatic rings. The van der Waals surface area contributed by atoms with Crippen molar-refractivity contribution in [3.05, 3.63) is 0 Å². The fraction of sp³-hybridized carbons (Fsp3) is 1.00. The average Bonchev–Trinajstić information content (AvgIpc) is 2.32. The molecule has 1 aliphatic rings. The van der Waals surface area contributed by atoms with Crippen molar-refractivity contribution >= 4 is 8.32 Å². The first-order valence-corrected chi connectivity index (χ1v) is 10.2. The van der Waals surface area contributed by atoms with Crippen LogP contribution >= 0.6 is 0 Å². The lowest BCUT2D eigenvalue weighted by molar-refractivity contribution is -0.174. The van der Waals surface area contributed by atoms with Gasteiger partial charge in [-0.25, -0.2) is 0 Å². The second kappa shape index (κ2) is 6.85. The minimum atomic E-state index is -2.04. The summed E-state index contributed by atoms with van der Waals surface area (Å²) in [5, 5.41) is 20.2. The van der Waals surface area contributed by atoms with Crippen molar-refractivity contribution in [2.24, 2.45) is 0 Å². The Kier molecular flexibility index (Phi) is 6.19. The molecule has 0 radical (unpaired) electrons. The Bertz CT molecular complexity index is 300. The standard InChI is InChI=1S/C14H30O5Si/c1-14(2,3)20(5,6)19-13-11(18-9-17-4)8-7-10(15)12(13)16/h10-13,15-16H,7-9H2,1-6H3/t10-,11+,12-,13-/m0/s1. The molecular weight excluding hydrogens is 276 g/mol. The number of methoxy groups -OCH3 is 1. The van der Waals surface area contributed by atoms with Gasteiger partial charge in [-0.1, -0.05) is 20.8 Å². The zero-order valence-corrected chi connectivity index (χ0v) is 14.5. The molecular formula is C14H30O5Si. The summed E-state index contributed by atoms with van der Waals surface area (Å²) in [7, 11) is -0.469. The van der Waals surface area contributed by atoms with E-state index in [4.69, 9.17) is 13.9 Å². The highest BCUT2D eigenvalue weighted by Crippen LogP contribution is 2.39. The van der Waals surface area contributed by atoms with Crippen molar-refractivity contribution in [2.45, 2.75) is 76.2 Å². The van der Waals surface area contributed by atoms with E-state index in [1.807, 2.05) is 0 Å². The van der Waals surface area contributed by atoms with Crippen LogP contribution in [0.4, 0.5) is 0 Å². The molecule has 0 saturated heterocycles. The molecule has 0 unspecified atom stereocenters. The Labute approximate surface area is 123 Å². The van der Waals surface area contributed by atoms with Gasteiger partial charge in [0.25, 0.3) is 0 Å². The van der Waals surface area contributed by atoms with Crippen LogP contribution in [0, 0.1) is 0 Å². The Morgan fingerprint density at radius 2 is 1.75 bits per heavy atom. The monoisotopic (exact) mass is 306 g/mol. The van der Waals surface area contributed by atoms with Gasteiger partial charge < -0.3 is 24.1 Å². The van der Waals surface area contributed by atoms with Gasteiger partial charge in [0, 0.05) is 7.11 Å². The topological polar surface area (TPSA) is 68.2 Å². The van der Waals surface area contributed by atoms with Crippen molar-refractivity contribution in [3.63, 3.8) is 0 Å². The summed E-state index contributed by atoms with van der Waals surface area (Å²) in [6.45, 7) is 10.9. The van der Waals surface area contributed by atoms with Crippen LogP contribution in [0.2, 0.25) is 18.1 Å². The highest BCUT2D eigenvalue weighted by atomic mass is 28.4. The fourth-order valence-electron chi connectivity index (χ4n) is 2.11. The van der Waals surface area contributed by atoms with Gasteiger partial charge in [-0.2, -0.15) is 0 Å². The second-order valence-electron chi connectivity index (χ2n) is 7.09. The summed E-state index contributed by atoms with van der Waals surface area (Å²) >= 11 is 0. The molecule has 1 rings (SSSR count). The minimum absolute atomic E-state index is 0.0426. The minimum Gasteiger partial charge on any atom is -0.409 e. The molecule has 0 aromatic heterocycles. The van der Waals surface area contributed by atoms with Crippen LogP contribution in [0.5, 0.6) is 0 Å². The highest BCUT2D eigenvalue weighted by Gasteiger charge is 2.46. The normalized spacial score (nSPS) is 32.4. The summed E-state index contributed by atoms with van der Waals surface area (Å²) in [6, 6.07) is 0. The third-order valence-electron chi connectivity index (χ3n) is 4.48. The van der Waals surface area contributed by atoms with Crippen LogP contribution in [-0.2, 0) is 13.9 Å². The SMILES string of the molecule is COCO[C@@H]1CC[C@H](O)[C@H](O)[C@H]1O[Si](C)(C)C(C)(C)C.